The first-order valence-electron chi connectivity index (χ1n) is 10.3. The highest BCUT2D eigenvalue weighted by molar-refractivity contribution is 5.43. The van der Waals surface area contributed by atoms with Gasteiger partial charge in [0.1, 0.15) is 0 Å². The molecule has 0 aliphatic rings. The molecule has 2 aromatic carbocycles. The third-order valence-electron chi connectivity index (χ3n) is 4.64. The molecular weight excluding hydrogens is 396 g/mol. The Hall–Kier alpha value is -3.01. The lowest BCUT2D eigenvalue weighted by Gasteiger charge is -2.13. The number of hydrogen-bond acceptors (Lipinski definition) is 8. The zero-order chi connectivity index (χ0) is 22.1. The van der Waals surface area contributed by atoms with Gasteiger partial charge in [-0.1, -0.05) is 23.8 Å². The molecule has 1 heterocycles. The lowest BCUT2D eigenvalue weighted by Crippen LogP contribution is -2.31. The van der Waals surface area contributed by atoms with E-state index in [9.17, 15) is 5.11 Å². The summed E-state index contributed by atoms with van der Waals surface area (Å²) < 4.78 is 13.1. The summed E-state index contributed by atoms with van der Waals surface area (Å²) in [4.78, 5) is 0. The van der Waals surface area contributed by atoms with E-state index in [2.05, 4.69) is 26.2 Å². The van der Waals surface area contributed by atoms with Gasteiger partial charge in [-0.25, -0.2) is 0 Å². The lowest BCUT2D eigenvalue weighted by molar-refractivity contribution is 0.191. The van der Waals surface area contributed by atoms with Crippen molar-refractivity contribution in [2.45, 2.75) is 33.1 Å². The Morgan fingerprint density at radius 2 is 1.84 bits per heavy atom. The van der Waals surface area contributed by atoms with E-state index in [0.29, 0.717) is 30.4 Å². The zero-order valence-electron chi connectivity index (χ0n) is 18.2. The number of rotatable bonds is 12. The maximum absolute atomic E-state index is 9.24. The number of methoxy groups -OCH3 is 1. The largest absolute Gasteiger partial charge is 0.493 e. The van der Waals surface area contributed by atoms with Crippen molar-refractivity contribution in [2.75, 3.05) is 26.7 Å². The molecule has 0 bridgehead atoms. The quantitative estimate of drug-likeness (QED) is 0.375. The number of aliphatic hydroxyl groups is 1. The molecule has 1 aromatic heterocycles. The fourth-order valence-corrected chi connectivity index (χ4v) is 2.99. The minimum atomic E-state index is -0.335. The van der Waals surface area contributed by atoms with Gasteiger partial charge in [0.15, 0.2) is 23.9 Å². The normalized spacial score (nSPS) is 12.0. The van der Waals surface area contributed by atoms with Crippen LogP contribution in [0.25, 0.3) is 5.69 Å². The molecule has 0 radical (unpaired) electrons. The smallest absolute Gasteiger partial charge is 0.194 e. The summed E-state index contributed by atoms with van der Waals surface area (Å²) in [6.07, 6.45) is -0.335. The van der Waals surface area contributed by atoms with E-state index in [1.165, 1.54) is 5.56 Å². The van der Waals surface area contributed by atoms with Crippen molar-refractivity contribution in [1.29, 1.82) is 0 Å². The average Bonchev–Trinajstić information content (AvgIpc) is 3.24. The molecule has 0 spiro atoms. The first-order chi connectivity index (χ1) is 15.1. The molecule has 9 heteroatoms. The third-order valence-corrected chi connectivity index (χ3v) is 4.64. The van der Waals surface area contributed by atoms with Gasteiger partial charge in [0.2, 0.25) is 0 Å². The van der Waals surface area contributed by atoms with E-state index >= 15 is 0 Å². The number of aromatic nitrogens is 4. The number of hydrogen-bond donors (Lipinski definition) is 3. The van der Waals surface area contributed by atoms with E-state index in [0.717, 1.165) is 24.3 Å². The Morgan fingerprint density at radius 1 is 1.06 bits per heavy atom. The van der Waals surface area contributed by atoms with Gasteiger partial charge in [0.25, 0.3) is 0 Å². The Kier molecular flexibility index (Phi) is 8.34. The van der Waals surface area contributed by atoms with Gasteiger partial charge in [-0.05, 0) is 54.1 Å². The molecule has 0 fully saturated rings. The van der Waals surface area contributed by atoms with Crippen molar-refractivity contribution in [1.82, 2.24) is 30.8 Å². The van der Waals surface area contributed by atoms with Crippen LogP contribution in [0.15, 0.2) is 42.5 Å². The Morgan fingerprint density at radius 3 is 2.58 bits per heavy atom. The van der Waals surface area contributed by atoms with Crippen LogP contribution in [0.3, 0.4) is 0 Å². The summed E-state index contributed by atoms with van der Waals surface area (Å²) in [5.74, 6) is 1.88. The summed E-state index contributed by atoms with van der Waals surface area (Å²) in [6.45, 7) is 6.90. The van der Waals surface area contributed by atoms with Crippen LogP contribution in [0.1, 0.15) is 23.9 Å². The first-order valence-corrected chi connectivity index (χ1v) is 10.3. The maximum atomic E-state index is 9.24. The lowest BCUT2D eigenvalue weighted by atomic mass is 10.2. The van der Waals surface area contributed by atoms with Crippen molar-refractivity contribution >= 4 is 0 Å². The fourth-order valence-electron chi connectivity index (χ4n) is 2.99. The first kappa shape index (κ1) is 22.7. The monoisotopic (exact) mass is 426 g/mol. The number of ether oxygens (including phenoxy) is 2. The highest BCUT2D eigenvalue weighted by Gasteiger charge is 2.12. The van der Waals surface area contributed by atoms with Crippen molar-refractivity contribution in [3.8, 4) is 17.2 Å². The van der Waals surface area contributed by atoms with Crippen LogP contribution in [0.5, 0.6) is 11.5 Å². The Labute approximate surface area is 182 Å². The van der Waals surface area contributed by atoms with Crippen molar-refractivity contribution in [2.24, 2.45) is 0 Å². The van der Waals surface area contributed by atoms with Crippen LogP contribution < -0.4 is 20.1 Å². The fraction of sp³-hybridized carbons (Fsp3) is 0.409. The minimum Gasteiger partial charge on any atom is -0.493 e. The van der Waals surface area contributed by atoms with Gasteiger partial charge in [0, 0.05) is 26.2 Å². The van der Waals surface area contributed by atoms with Crippen LogP contribution in [-0.4, -0.2) is 58.2 Å². The van der Waals surface area contributed by atoms with E-state index in [4.69, 9.17) is 9.47 Å². The predicted octanol–water partition coefficient (Wildman–Crippen LogP) is 1.62. The molecule has 0 saturated heterocycles. The molecule has 1 atom stereocenters. The van der Waals surface area contributed by atoms with Gasteiger partial charge in [-0.15, -0.1) is 5.10 Å². The molecule has 166 valence electrons. The Balaban J connectivity index is 1.55. The number of nitrogens with zero attached hydrogens (tertiary/aromatic N) is 4. The maximum Gasteiger partial charge on any atom is 0.194 e. The summed E-state index contributed by atoms with van der Waals surface area (Å²) in [6, 6.07) is 13.8. The summed E-state index contributed by atoms with van der Waals surface area (Å²) in [5, 5.41) is 27.7. The molecule has 3 rings (SSSR count). The average molecular weight is 427 g/mol. The Bertz CT molecular complexity index is 943. The minimum absolute atomic E-state index is 0.212. The summed E-state index contributed by atoms with van der Waals surface area (Å²) >= 11 is 0. The van der Waals surface area contributed by atoms with Crippen molar-refractivity contribution < 1.29 is 14.6 Å². The van der Waals surface area contributed by atoms with Crippen molar-refractivity contribution in [3.63, 3.8) is 0 Å². The van der Waals surface area contributed by atoms with E-state index in [-0.39, 0.29) is 12.7 Å². The topological polar surface area (TPSA) is 106 Å². The molecular formula is C22H30N6O3. The van der Waals surface area contributed by atoms with Gasteiger partial charge in [-0.2, -0.15) is 4.68 Å². The molecule has 0 aliphatic carbocycles. The second-order valence-electron chi connectivity index (χ2n) is 7.35. The van der Waals surface area contributed by atoms with Crippen LogP contribution in [-0.2, 0) is 13.2 Å². The number of aryl methyl sites for hydroxylation is 1. The second kappa shape index (κ2) is 11.4. The number of tetrazole rings is 1. The molecule has 3 N–H and O–H groups in total. The molecule has 3 aromatic rings. The van der Waals surface area contributed by atoms with Crippen LogP contribution in [0.2, 0.25) is 0 Å². The van der Waals surface area contributed by atoms with Crippen LogP contribution >= 0.6 is 0 Å². The molecule has 0 aliphatic heterocycles. The van der Waals surface area contributed by atoms with E-state index in [1.807, 2.05) is 49.4 Å². The standard InChI is InChI=1S/C22H30N6O3/c1-16-4-7-19(8-5-16)28-22(25-26-27-28)15-31-20-9-6-18(12-21(20)30-3)14-24-11-10-23-13-17(2)29/h4-9,12,17,23-24,29H,10-11,13-15H2,1-3H3. The van der Waals surface area contributed by atoms with Crippen LogP contribution in [0.4, 0.5) is 0 Å². The van der Waals surface area contributed by atoms with Gasteiger partial charge < -0.3 is 25.2 Å². The van der Waals surface area contributed by atoms with Gasteiger partial charge in [0.05, 0.1) is 18.9 Å². The highest BCUT2D eigenvalue weighted by Crippen LogP contribution is 2.28. The molecule has 0 amide bonds. The highest BCUT2D eigenvalue weighted by atomic mass is 16.5. The predicted molar refractivity (Wildman–Crippen MR) is 117 cm³/mol. The summed E-state index contributed by atoms with van der Waals surface area (Å²) in [7, 11) is 1.62. The second-order valence-corrected chi connectivity index (χ2v) is 7.35. The van der Waals surface area contributed by atoms with Gasteiger partial charge >= 0.3 is 0 Å². The third kappa shape index (κ3) is 6.74. The number of benzene rings is 2. The SMILES string of the molecule is COc1cc(CNCCNCC(C)O)ccc1OCc1nnnn1-c1ccc(C)cc1. The molecule has 1 unspecified atom stereocenters. The van der Waals surface area contributed by atoms with Crippen molar-refractivity contribution in [3.05, 3.63) is 59.4 Å². The van der Waals surface area contributed by atoms with Gasteiger partial charge in [-0.3, -0.25) is 0 Å². The zero-order valence-corrected chi connectivity index (χ0v) is 18.2. The summed E-state index contributed by atoms with van der Waals surface area (Å²) in [5.41, 5.74) is 3.14. The number of nitrogens with one attached hydrogen (secondary N) is 2. The van der Waals surface area contributed by atoms with E-state index in [1.54, 1.807) is 18.7 Å². The van der Waals surface area contributed by atoms with E-state index < -0.39 is 0 Å². The number of aliphatic hydroxyl groups excluding tert-OH is 1. The van der Waals surface area contributed by atoms with Crippen LogP contribution in [0, 0.1) is 6.92 Å². The molecule has 31 heavy (non-hydrogen) atoms. The molecule has 9 nitrogen and oxygen atoms in total. The molecule has 0 saturated carbocycles.